The van der Waals surface area contributed by atoms with Crippen LogP contribution in [0.2, 0.25) is 0 Å². The van der Waals surface area contributed by atoms with Crippen molar-refractivity contribution >= 4 is 0 Å². The van der Waals surface area contributed by atoms with Crippen molar-refractivity contribution in [3.8, 4) is 11.8 Å². The molecule has 0 aliphatic rings. The molecule has 0 saturated heterocycles. The first kappa shape index (κ1) is 13.3. The maximum atomic E-state index is 4.37. The van der Waals surface area contributed by atoms with Gasteiger partial charge in [0.05, 0.1) is 5.56 Å². The lowest BCUT2D eigenvalue weighted by molar-refractivity contribution is 0.545. The van der Waals surface area contributed by atoms with Crippen LogP contribution in [0.3, 0.4) is 0 Å². The van der Waals surface area contributed by atoms with Crippen molar-refractivity contribution in [1.29, 1.82) is 0 Å². The lowest BCUT2D eigenvalue weighted by Gasteiger charge is -2.15. The van der Waals surface area contributed by atoms with E-state index in [2.05, 4.69) is 61.6 Å². The molecule has 0 saturated carbocycles. The van der Waals surface area contributed by atoms with Gasteiger partial charge < -0.3 is 0 Å². The summed E-state index contributed by atoms with van der Waals surface area (Å²) >= 11 is 0. The Morgan fingerprint density at radius 3 is 2.16 bits per heavy atom. The van der Waals surface area contributed by atoms with Crippen molar-refractivity contribution in [3.63, 3.8) is 0 Å². The van der Waals surface area contributed by atoms with E-state index in [1.54, 1.807) is 12.4 Å². The Bertz CT molecular complexity index is 623. The second kappa shape index (κ2) is 5.24. The van der Waals surface area contributed by atoms with E-state index >= 15 is 0 Å². The highest BCUT2D eigenvalue weighted by molar-refractivity contribution is 5.42. The Morgan fingerprint density at radius 2 is 1.58 bits per heavy atom. The lowest BCUT2D eigenvalue weighted by Crippen LogP contribution is -2.15. The number of nitrogens with zero attached hydrogens (tertiary/aromatic N) is 2. The highest BCUT2D eigenvalue weighted by Crippen LogP contribution is 2.16. The molecule has 0 unspecified atom stereocenters. The van der Waals surface area contributed by atoms with Crippen LogP contribution in [-0.2, 0) is 5.41 Å². The normalized spacial score (nSPS) is 10.7. The average molecular weight is 250 g/mol. The summed E-state index contributed by atoms with van der Waals surface area (Å²) in [6.07, 6.45) is 3.58. The summed E-state index contributed by atoms with van der Waals surface area (Å²) < 4.78 is 0. The summed E-state index contributed by atoms with van der Waals surface area (Å²) in [7, 11) is 0. The van der Waals surface area contributed by atoms with Gasteiger partial charge >= 0.3 is 0 Å². The van der Waals surface area contributed by atoms with Crippen LogP contribution in [0.5, 0.6) is 0 Å². The molecule has 0 atom stereocenters. The van der Waals surface area contributed by atoms with Gasteiger partial charge in [0.15, 0.2) is 0 Å². The summed E-state index contributed by atoms with van der Waals surface area (Å²) in [6, 6.07) is 8.15. The van der Waals surface area contributed by atoms with E-state index in [-0.39, 0.29) is 5.41 Å². The topological polar surface area (TPSA) is 25.8 Å². The summed E-state index contributed by atoms with van der Waals surface area (Å²) in [5.74, 6) is 7.06. The van der Waals surface area contributed by atoms with Gasteiger partial charge in [-0.25, -0.2) is 9.97 Å². The monoisotopic (exact) mass is 250 g/mol. The third kappa shape index (κ3) is 3.66. The van der Waals surface area contributed by atoms with Gasteiger partial charge in [0, 0.05) is 23.4 Å². The van der Waals surface area contributed by atoms with Crippen molar-refractivity contribution in [3.05, 3.63) is 59.2 Å². The van der Waals surface area contributed by atoms with E-state index in [0.717, 1.165) is 17.0 Å². The Kier molecular flexibility index (Phi) is 3.66. The minimum Gasteiger partial charge on any atom is -0.240 e. The Balaban J connectivity index is 2.21. The number of aryl methyl sites for hydroxylation is 1. The number of benzene rings is 1. The van der Waals surface area contributed by atoms with E-state index in [1.807, 2.05) is 12.1 Å². The molecule has 0 aliphatic carbocycles. The van der Waals surface area contributed by atoms with Gasteiger partial charge in [-0.2, -0.15) is 0 Å². The minimum absolute atomic E-state index is 0.0253. The van der Waals surface area contributed by atoms with Crippen LogP contribution >= 0.6 is 0 Å². The fourth-order valence-corrected chi connectivity index (χ4v) is 1.65. The van der Waals surface area contributed by atoms with E-state index in [0.29, 0.717) is 0 Å². The molecule has 0 radical (unpaired) electrons. The highest BCUT2D eigenvalue weighted by Gasteiger charge is 2.16. The van der Waals surface area contributed by atoms with Crippen molar-refractivity contribution in [2.45, 2.75) is 33.1 Å². The molecule has 1 heterocycles. The first-order valence-corrected chi connectivity index (χ1v) is 6.36. The Hall–Kier alpha value is -2.14. The smallest absolute Gasteiger partial charge is 0.133 e. The summed E-state index contributed by atoms with van der Waals surface area (Å²) in [6.45, 7) is 8.35. The lowest BCUT2D eigenvalue weighted by atomic mass is 9.96. The van der Waals surface area contributed by atoms with E-state index in [4.69, 9.17) is 0 Å². The molecular formula is C17H18N2. The fourth-order valence-electron chi connectivity index (χ4n) is 1.65. The molecule has 0 amide bonds. The van der Waals surface area contributed by atoms with Crippen molar-refractivity contribution in [1.82, 2.24) is 9.97 Å². The van der Waals surface area contributed by atoms with Gasteiger partial charge in [-0.3, -0.25) is 0 Å². The molecule has 2 aromatic rings. The Labute approximate surface area is 114 Å². The zero-order valence-corrected chi connectivity index (χ0v) is 11.9. The first-order chi connectivity index (χ1) is 8.95. The van der Waals surface area contributed by atoms with Crippen LogP contribution in [0, 0.1) is 18.8 Å². The number of aromatic nitrogens is 2. The molecule has 2 heteroatoms. The van der Waals surface area contributed by atoms with Crippen LogP contribution in [-0.4, -0.2) is 9.97 Å². The van der Waals surface area contributed by atoms with Gasteiger partial charge in [0.25, 0.3) is 0 Å². The van der Waals surface area contributed by atoms with Gasteiger partial charge in [-0.05, 0) is 24.6 Å². The standard InChI is InChI=1S/C17H18N2/c1-13-6-5-7-14(10-13)8-9-15-11-18-16(19-12-15)17(2,3)4/h5-7,10-12H,1-4H3. The van der Waals surface area contributed by atoms with E-state index < -0.39 is 0 Å². The quantitative estimate of drug-likeness (QED) is 0.669. The van der Waals surface area contributed by atoms with Gasteiger partial charge in [-0.1, -0.05) is 44.7 Å². The highest BCUT2D eigenvalue weighted by atomic mass is 14.9. The maximum absolute atomic E-state index is 4.37. The molecule has 1 aromatic carbocycles. The van der Waals surface area contributed by atoms with Crippen molar-refractivity contribution in [2.75, 3.05) is 0 Å². The molecular weight excluding hydrogens is 232 g/mol. The third-order valence-electron chi connectivity index (χ3n) is 2.69. The van der Waals surface area contributed by atoms with Crippen LogP contribution in [0.4, 0.5) is 0 Å². The summed E-state index contributed by atoms with van der Waals surface area (Å²) in [4.78, 5) is 8.73. The number of hydrogen-bond acceptors (Lipinski definition) is 2. The van der Waals surface area contributed by atoms with Crippen LogP contribution < -0.4 is 0 Å². The predicted octanol–water partition coefficient (Wildman–Crippen LogP) is 3.48. The molecule has 19 heavy (non-hydrogen) atoms. The molecule has 2 rings (SSSR count). The first-order valence-electron chi connectivity index (χ1n) is 6.36. The molecule has 0 bridgehead atoms. The number of hydrogen-bond donors (Lipinski definition) is 0. The van der Waals surface area contributed by atoms with E-state index in [1.165, 1.54) is 5.56 Å². The fraction of sp³-hybridized carbons (Fsp3) is 0.294. The molecule has 96 valence electrons. The van der Waals surface area contributed by atoms with Gasteiger partial charge in [0.2, 0.25) is 0 Å². The molecule has 0 N–H and O–H groups in total. The maximum Gasteiger partial charge on any atom is 0.133 e. The second-order valence-corrected chi connectivity index (χ2v) is 5.66. The van der Waals surface area contributed by atoms with Crippen molar-refractivity contribution < 1.29 is 0 Å². The SMILES string of the molecule is Cc1cccc(C#Cc2cnc(C(C)(C)C)nc2)c1. The van der Waals surface area contributed by atoms with Crippen LogP contribution in [0.25, 0.3) is 0 Å². The molecule has 1 aromatic heterocycles. The van der Waals surface area contributed by atoms with Crippen LogP contribution in [0.15, 0.2) is 36.7 Å². The van der Waals surface area contributed by atoms with Gasteiger partial charge in [-0.15, -0.1) is 0 Å². The third-order valence-corrected chi connectivity index (χ3v) is 2.69. The van der Waals surface area contributed by atoms with Crippen molar-refractivity contribution in [2.24, 2.45) is 0 Å². The largest absolute Gasteiger partial charge is 0.240 e. The van der Waals surface area contributed by atoms with Crippen LogP contribution in [0.1, 0.15) is 43.3 Å². The second-order valence-electron chi connectivity index (χ2n) is 5.66. The van der Waals surface area contributed by atoms with Gasteiger partial charge in [0.1, 0.15) is 5.82 Å². The molecule has 0 fully saturated rings. The zero-order valence-electron chi connectivity index (χ0n) is 11.9. The average Bonchev–Trinajstić information content (AvgIpc) is 2.36. The van der Waals surface area contributed by atoms with E-state index in [9.17, 15) is 0 Å². The summed E-state index contributed by atoms with van der Waals surface area (Å²) in [5.41, 5.74) is 3.04. The predicted molar refractivity (Wildman–Crippen MR) is 77.9 cm³/mol. The number of rotatable bonds is 0. The minimum atomic E-state index is -0.0253. The zero-order chi connectivity index (χ0) is 13.9. The Morgan fingerprint density at radius 1 is 0.947 bits per heavy atom. The molecule has 2 nitrogen and oxygen atoms in total. The summed E-state index contributed by atoms with van der Waals surface area (Å²) in [5, 5.41) is 0. The molecule has 0 spiro atoms. The molecule has 0 aliphatic heterocycles.